The lowest BCUT2D eigenvalue weighted by Crippen LogP contribution is -2.03. The summed E-state index contributed by atoms with van der Waals surface area (Å²) in [6, 6.07) is 0. The molecule has 0 aromatic rings. The zero-order chi connectivity index (χ0) is 21.8. The predicted molar refractivity (Wildman–Crippen MR) is 105 cm³/mol. The van der Waals surface area contributed by atoms with E-state index in [9.17, 15) is 0 Å². The van der Waals surface area contributed by atoms with E-state index in [-0.39, 0.29) is 0 Å². The van der Waals surface area contributed by atoms with Crippen LogP contribution in [0, 0.1) is 0 Å². The van der Waals surface area contributed by atoms with Crippen molar-refractivity contribution < 1.29 is 50.1 Å². The number of hydrogen-bond donors (Lipinski definition) is 0. The van der Waals surface area contributed by atoms with Gasteiger partial charge in [0, 0.05) is 20.2 Å². The molecule has 0 aromatic heterocycles. The fourth-order valence-electron chi connectivity index (χ4n) is 2.57. The van der Waals surface area contributed by atoms with Crippen LogP contribution < -0.4 is 0 Å². The Morgan fingerprint density at radius 3 is 1.57 bits per heavy atom. The van der Waals surface area contributed by atoms with Gasteiger partial charge in [-0.3, -0.25) is 0 Å². The molecule has 10 heteroatoms. The maximum Gasteiger partial charge on any atom is 0.125 e. The summed E-state index contributed by atoms with van der Waals surface area (Å²) in [7, 11) is 0. The third-order valence-corrected chi connectivity index (χ3v) is 4.09. The molecule has 0 atom stereocenters. The van der Waals surface area contributed by atoms with Gasteiger partial charge in [-0.15, -0.1) is 0 Å². The summed E-state index contributed by atoms with van der Waals surface area (Å²) >= 11 is 0. The summed E-state index contributed by atoms with van der Waals surface area (Å²) in [6.45, 7) is 5.77. The summed E-state index contributed by atoms with van der Waals surface area (Å²) in [5.41, 5.74) is 0. The van der Waals surface area contributed by atoms with Crippen LogP contribution in [0.5, 0.6) is 0 Å². The van der Waals surface area contributed by atoms with E-state index in [1.54, 1.807) is 0 Å². The highest BCUT2D eigenvalue weighted by Gasteiger charge is 1.97. The van der Waals surface area contributed by atoms with E-state index in [4.69, 9.17) is 4.89 Å². The highest BCUT2D eigenvalue weighted by Crippen LogP contribution is 2.10. The van der Waals surface area contributed by atoms with Crippen molar-refractivity contribution in [2.24, 2.45) is 0 Å². The Labute approximate surface area is 179 Å². The smallest absolute Gasteiger partial charge is 0.125 e. The monoisotopic (exact) mass is 438 g/mol. The van der Waals surface area contributed by atoms with Crippen LogP contribution in [0.3, 0.4) is 0 Å². The lowest BCUT2D eigenvalue weighted by molar-refractivity contribution is -0.843. The first-order valence-electron chi connectivity index (χ1n) is 10.8. The van der Waals surface area contributed by atoms with Crippen LogP contribution in [0.15, 0.2) is 25.0 Å². The third kappa shape index (κ3) is 26.9. The average molecular weight is 439 g/mol. The maximum atomic E-state index is 4.69. The fraction of sp³-hybridized carbons (Fsp3) is 0.800. The van der Waals surface area contributed by atoms with Crippen molar-refractivity contribution in [3.63, 3.8) is 0 Å². The van der Waals surface area contributed by atoms with Gasteiger partial charge in [-0.25, -0.2) is 4.89 Å². The Morgan fingerprint density at radius 2 is 1.00 bits per heavy atom. The Bertz CT molecular complexity index is 354. The lowest BCUT2D eigenvalue weighted by Gasteiger charge is -2.02. The fourth-order valence-corrected chi connectivity index (χ4v) is 2.57. The summed E-state index contributed by atoms with van der Waals surface area (Å²) in [4.78, 5) is 8.74. The van der Waals surface area contributed by atoms with Gasteiger partial charge in [-0.1, -0.05) is 83.4 Å². The van der Waals surface area contributed by atoms with Gasteiger partial charge in [-0.2, -0.15) is 0 Å². The highest BCUT2D eigenvalue weighted by atomic mass is 17.9. The van der Waals surface area contributed by atoms with Crippen LogP contribution in [0.4, 0.5) is 0 Å². The van der Waals surface area contributed by atoms with E-state index in [2.05, 4.69) is 70.8 Å². The Morgan fingerprint density at radius 1 is 0.533 bits per heavy atom. The zero-order valence-electron chi connectivity index (χ0n) is 18.1. The van der Waals surface area contributed by atoms with Gasteiger partial charge in [-0.05, 0) is 52.3 Å². The van der Waals surface area contributed by atoms with Gasteiger partial charge in [0.25, 0.3) is 0 Å². The van der Waals surface area contributed by atoms with E-state index >= 15 is 0 Å². The number of hydrogen-bond acceptors (Lipinski definition) is 10. The third-order valence-electron chi connectivity index (χ3n) is 4.09. The molecule has 30 heavy (non-hydrogen) atoms. The molecule has 0 aliphatic rings. The van der Waals surface area contributed by atoms with Crippen molar-refractivity contribution in [3.8, 4) is 0 Å². The van der Waals surface area contributed by atoms with Crippen LogP contribution >= 0.6 is 0 Å². The van der Waals surface area contributed by atoms with Crippen molar-refractivity contribution >= 4 is 0 Å². The Hall–Kier alpha value is -1.08. The first kappa shape index (κ1) is 28.9. The van der Waals surface area contributed by atoms with E-state index in [0.29, 0.717) is 6.61 Å². The van der Waals surface area contributed by atoms with Gasteiger partial charge < -0.3 is 4.89 Å². The quantitative estimate of drug-likeness (QED) is 0.0485. The summed E-state index contributed by atoms with van der Waals surface area (Å²) in [6.07, 6.45) is 23.0. The van der Waals surface area contributed by atoms with Gasteiger partial charge in [0.2, 0.25) is 0 Å². The molecular weight excluding hydrogens is 400 g/mol. The van der Waals surface area contributed by atoms with Crippen molar-refractivity contribution in [2.75, 3.05) is 6.61 Å². The molecule has 0 N–H and O–H groups in total. The minimum atomic E-state index is 0.359. The molecule has 0 saturated heterocycles. The van der Waals surface area contributed by atoms with Gasteiger partial charge >= 0.3 is 0 Å². The summed E-state index contributed by atoms with van der Waals surface area (Å²) in [5.74, 6) is 0. The van der Waals surface area contributed by atoms with E-state index in [1.165, 1.54) is 70.6 Å². The van der Waals surface area contributed by atoms with Crippen molar-refractivity contribution in [1.82, 2.24) is 0 Å². The lowest BCUT2D eigenvalue weighted by atomic mass is 10.1. The van der Waals surface area contributed by atoms with Gasteiger partial charge in [0.15, 0.2) is 0 Å². The summed E-state index contributed by atoms with van der Waals surface area (Å²) < 4.78 is 0. The van der Waals surface area contributed by atoms with Crippen LogP contribution in [0.25, 0.3) is 0 Å². The van der Waals surface area contributed by atoms with Gasteiger partial charge in [0.1, 0.15) is 6.26 Å². The Kier molecular flexibility index (Phi) is 26.9. The largest absolute Gasteiger partial charge is 0.315 e. The molecule has 0 saturated carbocycles. The molecule has 0 fully saturated rings. The topological polar surface area (TPSA) is 92.3 Å². The molecule has 0 bridgehead atoms. The predicted octanol–water partition coefficient (Wildman–Crippen LogP) is 6.57. The minimum Gasteiger partial charge on any atom is -0.315 e. The molecule has 0 aliphatic carbocycles. The molecule has 10 nitrogen and oxygen atoms in total. The number of unbranched alkanes of at least 4 members (excludes halogenated alkanes) is 12. The molecule has 0 spiro atoms. The number of allylic oxidation sites excluding steroid dienone is 2. The molecule has 0 unspecified atom stereocenters. The van der Waals surface area contributed by atoms with E-state index in [0.717, 1.165) is 25.5 Å². The molecule has 0 aromatic carbocycles. The van der Waals surface area contributed by atoms with Crippen LogP contribution in [0.1, 0.15) is 96.8 Å². The first-order chi connectivity index (χ1) is 14.9. The molecule has 0 aliphatic heterocycles. The van der Waals surface area contributed by atoms with Crippen LogP contribution in [-0.4, -0.2) is 6.61 Å². The molecule has 178 valence electrons. The van der Waals surface area contributed by atoms with E-state index in [1.807, 2.05) is 0 Å². The average Bonchev–Trinajstić information content (AvgIpc) is 2.76. The molecule has 0 radical (unpaired) electrons. The van der Waals surface area contributed by atoms with Gasteiger partial charge in [0.05, 0.1) is 6.61 Å². The SMILES string of the molecule is C=COOOOOOOOOOCCCCCCCCC=CCCCCCCCC. The van der Waals surface area contributed by atoms with Crippen molar-refractivity contribution in [2.45, 2.75) is 96.8 Å². The first-order valence-corrected chi connectivity index (χ1v) is 10.8. The molecular formula is C20H38O10. The van der Waals surface area contributed by atoms with Crippen molar-refractivity contribution in [1.29, 1.82) is 0 Å². The summed E-state index contributed by atoms with van der Waals surface area (Å²) in [5, 5.41) is 31.0. The van der Waals surface area contributed by atoms with Crippen LogP contribution in [-0.2, 0) is 50.1 Å². The second-order valence-corrected chi connectivity index (χ2v) is 6.57. The molecule has 0 rings (SSSR count). The normalized spacial score (nSPS) is 11.4. The second-order valence-electron chi connectivity index (χ2n) is 6.57. The molecule has 0 amide bonds. The zero-order valence-corrected chi connectivity index (χ0v) is 18.1. The van der Waals surface area contributed by atoms with Crippen LogP contribution in [0.2, 0.25) is 0 Å². The minimum absolute atomic E-state index is 0.359. The standard InChI is InChI=1S/C20H38O10/c1-3-5-6-7-8-9-10-11-12-13-14-15-16-17-18-19-20-22-24-26-28-30-29-27-25-23-21-4-2/h4,11-12H,2-3,5-10,13-20H2,1H3. The Balaban J connectivity index is 3.04. The highest BCUT2D eigenvalue weighted by molar-refractivity contribution is 4.81. The van der Waals surface area contributed by atoms with E-state index < -0.39 is 0 Å². The van der Waals surface area contributed by atoms with Crippen molar-refractivity contribution in [3.05, 3.63) is 25.0 Å². The maximum absolute atomic E-state index is 4.69. The molecule has 0 heterocycles. The number of rotatable bonds is 26. The second kappa shape index (κ2) is 27.9.